The van der Waals surface area contributed by atoms with E-state index in [9.17, 15) is 19.2 Å². The van der Waals surface area contributed by atoms with Gasteiger partial charge in [0.2, 0.25) is 0 Å². The molecule has 0 aliphatic carbocycles. The van der Waals surface area contributed by atoms with Gasteiger partial charge < -0.3 is 23.8 Å². The summed E-state index contributed by atoms with van der Waals surface area (Å²) < 4.78 is 21.7. The van der Waals surface area contributed by atoms with Crippen molar-refractivity contribution in [3.05, 3.63) is 34.9 Å². The molecule has 0 fully saturated rings. The van der Waals surface area contributed by atoms with E-state index in [-0.39, 0.29) is 37.1 Å². The van der Waals surface area contributed by atoms with Crippen molar-refractivity contribution in [3.8, 4) is 0 Å². The molecule has 1 rings (SSSR count). The van der Waals surface area contributed by atoms with Crippen molar-refractivity contribution < 1.29 is 38.1 Å². The summed E-state index contributed by atoms with van der Waals surface area (Å²) in [6.07, 6.45) is 17.1. The molecule has 0 radical (unpaired) electrons. The summed E-state index contributed by atoms with van der Waals surface area (Å²) in [4.78, 5) is 50.4. The first-order chi connectivity index (χ1) is 23.2. The van der Waals surface area contributed by atoms with Crippen LogP contribution in [0.1, 0.15) is 159 Å². The minimum atomic E-state index is -0.262. The third kappa shape index (κ3) is 25.1. The molecule has 1 aromatic rings. The van der Waals surface area contributed by atoms with Gasteiger partial charge in [-0.15, -0.1) is 0 Å². The summed E-state index contributed by atoms with van der Waals surface area (Å²) in [6, 6.07) is 5.93. The second-order valence-electron chi connectivity index (χ2n) is 13.1. The predicted octanol–water partition coefficient (Wildman–Crippen LogP) is 8.76. The molecule has 48 heavy (non-hydrogen) atoms. The molecule has 9 heteroatoms. The first kappa shape index (κ1) is 43.1. The van der Waals surface area contributed by atoms with Crippen LogP contribution in [0.5, 0.6) is 0 Å². The van der Waals surface area contributed by atoms with Gasteiger partial charge in [-0.25, -0.2) is 0 Å². The molecule has 0 unspecified atom stereocenters. The van der Waals surface area contributed by atoms with E-state index in [4.69, 9.17) is 18.9 Å². The standard InChI is InChI=1S/C39H65NO8/c1-5-7-9-11-15-21-36(41)45-25-19-13-17-23-38(43)47-31-34-27-33(30-40(3)4)28-35(29-34)32-48-39(44)24-18-14-20-26-46-37(42)22-16-12-10-8-6-2/h27-29H,5-26,30-32H2,1-4H3. The van der Waals surface area contributed by atoms with Gasteiger partial charge in [-0.2, -0.15) is 0 Å². The summed E-state index contributed by atoms with van der Waals surface area (Å²) >= 11 is 0. The van der Waals surface area contributed by atoms with Crippen molar-refractivity contribution >= 4 is 23.9 Å². The second kappa shape index (κ2) is 29.0. The van der Waals surface area contributed by atoms with Gasteiger partial charge in [-0.1, -0.05) is 77.3 Å². The lowest BCUT2D eigenvalue weighted by Crippen LogP contribution is -2.12. The van der Waals surface area contributed by atoms with Crippen molar-refractivity contribution in [2.24, 2.45) is 0 Å². The van der Waals surface area contributed by atoms with Gasteiger partial charge in [0.25, 0.3) is 0 Å². The lowest BCUT2D eigenvalue weighted by Gasteiger charge is -2.14. The predicted molar refractivity (Wildman–Crippen MR) is 189 cm³/mol. The van der Waals surface area contributed by atoms with Gasteiger partial charge in [-0.05, 0) is 88.2 Å². The van der Waals surface area contributed by atoms with E-state index in [0.717, 1.165) is 68.1 Å². The Morgan fingerprint density at radius 2 is 0.792 bits per heavy atom. The van der Waals surface area contributed by atoms with Crippen LogP contribution < -0.4 is 0 Å². The summed E-state index contributed by atoms with van der Waals surface area (Å²) in [6.45, 7) is 6.14. The Kier molecular flexibility index (Phi) is 26.0. The number of esters is 4. The zero-order valence-electron chi connectivity index (χ0n) is 30.6. The maximum absolute atomic E-state index is 12.4. The largest absolute Gasteiger partial charge is 0.466 e. The number of hydrogen-bond donors (Lipinski definition) is 0. The zero-order valence-corrected chi connectivity index (χ0v) is 30.6. The van der Waals surface area contributed by atoms with Gasteiger partial charge in [0, 0.05) is 32.2 Å². The molecule has 9 nitrogen and oxygen atoms in total. The summed E-state index contributed by atoms with van der Waals surface area (Å²) in [7, 11) is 3.97. The molecular formula is C39H65NO8. The number of unbranched alkanes of at least 4 members (excludes halogenated alkanes) is 12. The van der Waals surface area contributed by atoms with Crippen LogP contribution in [0.3, 0.4) is 0 Å². The second-order valence-corrected chi connectivity index (χ2v) is 13.1. The molecule has 0 aliphatic heterocycles. The highest BCUT2D eigenvalue weighted by Gasteiger charge is 2.10. The van der Waals surface area contributed by atoms with E-state index >= 15 is 0 Å². The molecule has 0 amide bonds. The van der Waals surface area contributed by atoms with Crippen LogP contribution in [0.2, 0.25) is 0 Å². The fraction of sp³-hybridized carbons (Fsp3) is 0.744. The third-order valence-electron chi connectivity index (χ3n) is 7.96. The molecule has 0 spiro atoms. The van der Waals surface area contributed by atoms with Gasteiger partial charge in [0.1, 0.15) is 13.2 Å². The Morgan fingerprint density at radius 3 is 1.17 bits per heavy atom. The van der Waals surface area contributed by atoms with Crippen LogP contribution in [0.25, 0.3) is 0 Å². The van der Waals surface area contributed by atoms with Gasteiger partial charge in [-0.3, -0.25) is 19.2 Å². The molecule has 1 aromatic carbocycles. The zero-order chi connectivity index (χ0) is 35.2. The van der Waals surface area contributed by atoms with E-state index in [2.05, 4.69) is 18.7 Å². The van der Waals surface area contributed by atoms with Crippen LogP contribution in [-0.4, -0.2) is 56.1 Å². The van der Waals surface area contributed by atoms with E-state index in [1.807, 2.05) is 32.3 Å². The molecule has 0 aliphatic rings. The molecule has 0 aromatic heterocycles. The number of ether oxygens (including phenoxy) is 4. The summed E-state index contributed by atoms with van der Waals surface area (Å²) in [5.74, 6) is -0.790. The lowest BCUT2D eigenvalue weighted by molar-refractivity contribution is -0.146. The van der Waals surface area contributed by atoms with Crippen molar-refractivity contribution in [3.63, 3.8) is 0 Å². The summed E-state index contributed by atoms with van der Waals surface area (Å²) in [5, 5.41) is 0. The Morgan fingerprint density at radius 1 is 0.458 bits per heavy atom. The SMILES string of the molecule is CCCCCCCC(=O)OCCCCCC(=O)OCc1cc(COC(=O)CCCCCOC(=O)CCCCCCC)cc(CN(C)C)c1. The van der Waals surface area contributed by atoms with E-state index < -0.39 is 0 Å². The molecular weight excluding hydrogens is 610 g/mol. The molecule has 0 saturated heterocycles. The smallest absolute Gasteiger partial charge is 0.306 e. The lowest BCUT2D eigenvalue weighted by atomic mass is 10.1. The molecule has 0 bridgehead atoms. The number of carbonyl (C=O) groups excluding carboxylic acids is 4. The van der Waals surface area contributed by atoms with Crippen molar-refractivity contribution in [1.82, 2.24) is 4.90 Å². The number of carbonyl (C=O) groups is 4. The van der Waals surface area contributed by atoms with Crippen molar-refractivity contribution in [2.45, 2.75) is 162 Å². The number of hydrogen-bond acceptors (Lipinski definition) is 9. The van der Waals surface area contributed by atoms with E-state index in [1.165, 1.54) is 38.5 Å². The van der Waals surface area contributed by atoms with Gasteiger partial charge in [0.05, 0.1) is 13.2 Å². The van der Waals surface area contributed by atoms with E-state index in [0.29, 0.717) is 58.3 Å². The average molecular weight is 676 g/mol. The number of benzene rings is 1. The molecule has 274 valence electrons. The summed E-state index contributed by atoms with van der Waals surface area (Å²) in [5.41, 5.74) is 2.75. The van der Waals surface area contributed by atoms with Gasteiger partial charge >= 0.3 is 23.9 Å². The molecule has 0 N–H and O–H groups in total. The van der Waals surface area contributed by atoms with E-state index in [1.54, 1.807) is 0 Å². The van der Waals surface area contributed by atoms with Crippen molar-refractivity contribution in [2.75, 3.05) is 27.3 Å². The highest BCUT2D eigenvalue weighted by Crippen LogP contribution is 2.16. The molecule has 0 saturated carbocycles. The molecule has 0 atom stereocenters. The topological polar surface area (TPSA) is 108 Å². The number of nitrogens with zero attached hydrogens (tertiary/aromatic N) is 1. The minimum absolute atomic E-state index is 0.133. The van der Waals surface area contributed by atoms with Crippen LogP contribution in [0.15, 0.2) is 18.2 Å². The Balaban J connectivity index is 2.30. The Labute approximate surface area is 290 Å². The van der Waals surface area contributed by atoms with Gasteiger partial charge in [0.15, 0.2) is 0 Å². The highest BCUT2D eigenvalue weighted by atomic mass is 16.5. The van der Waals surface area contributed by atoms with Crippen molar-refractivity contribution in [1.29, 1.82) is 0 Å². The maximum Gasteiger partial charge on any atom is 0.306 e. The highest BCUT2D eigenvalue weighted by molar-refractivity contribution is 5.70. The molecule has 0 heterocycles. The first-order valence-corrected chi connectivity index (χ1v) is 18.6. The van der Waals surface area contributed by atoms with Crippen LogP contribution >= 0.6 is 0 Å². The minimum Gasteiger partial charge on any atom is -0.466 e. The quantitative estimate of drug-likeness (QED) is 0.0449. The average Bonchev–Trinajstić information content (AvgIpc) is 3.05. The van der Waals surface area contributed by atoms with Crippen LogP contribution in [0, 0.1) is 0 Å². The Hall–Kier alpha value is -2.94. The fourth-order valence-electron chi connectivity index (χ4n) is 5.29. The third-order valence-corrected chi connectivity index (χ3v) is 7.96. The Bertz CT molecular complexity index is 953. The van der Waals surface area contributed by atoms with Crippen LogP contribution in [0.4, 0.5) is 0 Å². The first-order valence-electron chi connectivity index (χ1n) is 18.6. The fourth-order valence-corrected chi connectivity index (χ4v) is 5.29. The van der Waals surface area contributed by atoms with Crippen LogP contribution in [-0.2, 0) is 57.9 Å². The maximum atomic E-state index is 12.4. The number of rotatable bonds is 30. The normalized spacial score (nSPS) is 11.0. The monoisotopic (exact) mass is 675 g/mol.